The second-order valence-corrected chi connectivity index (χ2v) is 8.29. The van der Waals surface area contributed by atoms with Gasteiger partial charge in [-0.05, 0) is 56.2 Å². The van der Waals surface area contributed by atoms with E-state index in [1.54, 1.807) is 7.11 Å². The van der Waals surface area contributed by atoms with Crippen molar-refractivity contribution in [1.82, 2.24) is 10.2 Å². The molecule has 1 amide bonds. The summed E-state index contributed by atoms with van der Waals surface area (Å²) in [5.41, 5.74) is 0.687. The molecule has 1 aliphatic heterocycles. The van der Waals surface area contributed by atoms with E-state index in [0.29, 0.717) is 12.5 Å². The van der Waals surface area contributed by atoms with Crippen LogP contribution in [0.1, 0.15) is 45.1 Å². The quantitative estimate of drug-likeness (QED) is 0.784. The predicted octanol–water partition coefficient (Wildman–Crippen LogP) is 3.68. The molecule has 3 rings (SSSR count). The number of amides is 1. The van der Waals surface area contributed by atoms with Crippen molar-refractivity contribution in [2.24, 2.45) is 11.3 Å². The Morgan fingerprint density at radius 3 is 2.46 bits per heavy atom. The summed E-state index contributed by atoms with van der Waals surface area (Å²) in [6, 6.07) is 8.59. The number of hydrogen-bond acceptors (Lipinski definition) is 3. The Kier molecular flexibility index (Phi) is 7.36. The average Bonchev–Trinajstić information content (AvgIpc) is 3.44. The summed E-state index contributed by atoms with van der Waals surface area (Å²) in [6.45, 7) is 7.02. The average molecular weight is 381 g/mol. The number of likely N-dealkylation sites (tertiary alicyclic amines) is 1. The van der Waals surface area contributed by atoms with Crippen LogP contribution < -0.4 is 10.1 Å². The van der Waals surface area contributed by atoms with Crippen LogP contribution in [0.25, 0.3) is 0 Å². The van der Waals surface area contributed by atoms with Gasteiger partial charge in [-0.1, -0.05) is 32.0 Å². The minimum absolute atomic E-state index is 0. The second-order valence-electron chi connectivity index (χ2n) is 8.29. The zero-order valence-electron chi connectivity index (χ0n) is 16.3. The van der Waals surface area contributed by atoms with Crippen molar-refractivity contribution in [3.63, 3.8) is 0 Å². The minimum Gasteiger partial charge on any atom is -0.496 e. The first kappa shape index (κ1) is 21.0. The molecule has 5 heteroatoms. The minimum atomic E-state index is -0.414. The molecular formula is C21H33ClN2O2. The van der Waals surface area contributed by atoms with E-state index in [-0.39, 0.29) is 18.3 Å². The van der Waals surface area contributed by atoms with Crippen molar-refractivity contribution < 1.29 is 9.53 Å². The molecule has 2 aliphatic rings. The lowest BCUT2D eigenvalue weighted by Crippen LogP contribution is -2.49. The van der Waals surface area contributed by atoms with E-state index < -0.39 is 5.41 Å². The summed E-state index contributed by atoms with van der Waals surface area (Å²) in [7, 11) is 1.69. The topological polar surface area (TPSA) is 41.6 Å². The third kappa shape index (κ3) is 5.37. The molecule has 0 atom stereocenters. The molecule has 26 heavy (non-hydrogen) atoms. The van der Waals surface area contributed by atoms with Crippen LogP contribution >= 0.6 is 12.4 Å². The van der Waals surface area contributed by atoms with Gasteiger partial charge in [-0.15, -0.1) is 12.4 Å². The molecule has 2 fully saturated rings. The molecule has 4 nitrogen and oxygen atoms in total. The van der Waals surface area contributed by atoms with Crippen molar-refractivity contribution in [2.75, 3.05) is 26.7 Å². The van der Waals surface area contributed by atoms with E-state index in [4.69, 9.17) is 4.74 Å². The highest BCUT2D eigenvalue weighted by molar-refractivity contribution is 5.85. The van der Waals surface area contributed by atoms with Crippen LogP contribution in [0.3, 0.4) is 0 Å². The fourth-order valence-corrected chi connectivity index (χ4v) is 3.77. The van der Waals surface area contributed by atoms with E-state index in [1.165, 1.54) is 12.8 Å². The predicted molar refractivity (Wildman–Crippen MR) is 108 cm³/mol. The molecule has 1 heterocycles. The third-order valence-electron chi connectivity index (χ3n) is 5.58. The number of nitrogens with one attached hydrogen (secondary N) is 1. The maximum Gasteiger partial charge on any atom is 0.228 e. The number of benzene rings is 1. The summed E-state index contributed by atoms with van der Waals surface area (Å²) in [4.78, 5) is 15.1. The summed E-state index contributed by atoms with van der Waals surface area (Å²) in [6.07, 6.45) is 5.63. The number of piperidine rings is 1. The van der Waals surface area contributed by atoms with E-state index >= 15 is 0 Å². The molecule has 1 N–H and O–H groups in total. The SMILES string of the molecule is COc1ccccc1CC(C)(C)C(=O)N1CCC(NCC2CC2)CC1.Cl. The van der Waals surface area contributed by atoms with Gasteiger partial charge in [-0.3, -0.25) is 4.79 Å². The third-order valence-corrected chi connectivity index (χ3v) is 5.58. The van der Waals surface area contributed by atoms with Crippen molar-refractivity contribution >= 4 is 18.3 Å². The molecule has 146 valence electrons. The zero-order chi connectivity index (χ0) is 17.9. The fraction of sp³-hybridized carbons (Fsp3) is 0.667. The first-order chi connectivity index (χ1) is 12.0. The van der Waals surface area contributed by atoms with Crippen LogP contribution in [0.5, 0.6) is 5.75 Å². The Balaban J connectivity index is 0.00000243. The molecule has 1 aromatic carbocycles. The van der Waals surface area contributed by atoms with Gasteiger partial charge in [-0.2, -0.15) is 0 Å². The second kappa shape index (κ2) is 9.09. The first-order valence-corrected chi connectivity index (χ1v) is 9.64. The van der Waals surface area contributed by atoms with Gasteiger partial charge < -0.3 is 15.0 Å². The molecule has 0 unspecified atom stereocenters. The van der Waals surface area contributed by atoms with Crippen molar-refractivity contribution in [3.8, 4) is 5.75 Å². The fourth-order valence-electron chi connectivity index (χ4n) is 3.77. The van der Waals surface area contributed by atoms with E-state index in [1.807, 2.05) is 18.2 Å². The van der Waals surface area contributed by atoms with Crippen LogP contribution in [0.4, 0.5) is 0 Å². The number of hydrogen-bond donors (Lipinski definition) is 1. The number of para-hydroxylation sites is 1. The Morgan fingerprint density at radius 1 is 1.19 bits per heavy atom. The Hall–Kier alpha value is -1.26. The van der Waals surface area contributed by atoms with Gasteiger partial charge in [0.15, 0.2) is 0 Å². The van der Waals surface area contributed by atoms with Crippen LogP contribution in [0, 0.1) is 11.3 Å². The molecule has 0 bridgehead atoms. The smallest absolute Gasteiger partial charge is 0.228 e. The first-order valence-electron chi connectivity index (χ1n) is 9.64. The molecule has 0 radical (unpaired) electrons. The van der Waals surface area contributed by atoms with Gasteiger partial charge in [0.25, 0.3) is 0 Å². The van der Waals surface area contributed by atoms with Crippen molar-refractivity contribution in [3.05, 3.63) is 29.8 Å². The number of rotatable bonds is 7. The standard InChI is InChI=1S/C21H32N2O2.ClH/c1-21(2,14-17-6-4-5-7-19(17)25-3)20(24)23-12-10-18(11-13-23)22-15-16-8-9-16;/h4-7,16,18,22H,8-15H2,1-3H3;1H. The number of ether oxygens (including phenoxy) is 1. The van der Waals surface area contributed by atoms with Crippen molar-refractivity contribution in [2.45, 2.75) is 52.0 Å². The highest BCUT2D eigenvalue weighted by atomic mass is 35.5. The lowest BCUT2D eigenvalue weighted by molar-refractivity contribution is -0.141. The number of nitrogens with zero attached hydrogens (tertiary/aromatic N) is 1. The number of carbonyl (C=O) groups excluding carboxylic acids is 1. The van der Waals surface area contributed by atoms with Crippen LogP contribution in [0.15, 0.2) is 24.3 Å². The Bertz CT molecular complexity index is 593. The van der Waals surface area contributed by atoms with E-state index in [2.05, 4.69) is 30.1 Å². The van der Waals surface area contributed by atoms with Gasteiger partial charge >= 0.3 is 0 Å². The van der Waals surface area contributed by atoms with Crippen LogP contribution in [-0.2, 0) is 11.2 Å². The highest BCUT2D eigenvalue weighted by Gasteiger charge is 2.35. The highest BCUT2D eigenvalue weighted by Crippen LogP contribution is 2.31. The maximum absolute atomic E-state index is 13.1. The largest absolute Gasteiger partial charge is 0.496 e. The lowest BCUT2D eigenvalue weighted by Gasteiger charge is -2.37. The summed E-state index contributed by atoms with van der Waals surface area (Å²) < 4.78 is 5.45. The molecule has 0 spiro atoms. The molecule has 1 saturated heterocycles. The molecule has 1 aromatic rings. The number of carbonyl (C=O) groups is 1. The monoisotopic (exact) mass is 380 g/mol. The van der Waals surface area contributed by atoms with Gasteiger partial charge in [0.05, 0.1) is 7.11 Å². The normalized spacial score (nSPS) is 18.3. The zero-order valence-corrected chi connectivity index (χ0v) is 17.1. The summed E-state index contributed by atoms with van der Waals surface area (Å²) >= 11 is 0. The molecule has 0 aromatic heterocycles. The summed E-state index contributed by atoms with van der Waals surface area (Å²) in [5, 5.41) is 3.68. The molecule has 1 saturated carbocycles. The van der Waals surface area contributed by atoms with Gasteiger partial charge in [0.2, 0.25) is 5.91 Å². The lowest BCUT2D eigenvalue weighted by atomic mass is 9.83. The maximum atomic E-state index is 13.1. The van der Waals surface area contributed by atoms with Crippen molar-refractivity contribution in [1.29, 1.82) is 0 Å². The Labute approximate surface area is 164 Å². The van der Waals surface area contributed by atoms with Gasteiger partial charge in [0, 0.05) is 24.5 Å². The molecular weight excluding hydrogens is 348 g/mol. The van der Waals surface area contributed by atoms with Gasteiger partial charge in [0.1, 0.15) is 5.75 Å². The molecule has 1 aliphatic carbocycles. The summed E-state index contributed by atoms with van der Waals surface area (Å²) in [5.74, 6) is 2.05. The Morgan fingerprint density at radius 2 is 1.85 bits per heavy atom. The number of methoxy groups -OCH3 is 1. The number of halogens is 1. The van der Waals surface area contributed by atoms with E-state index in [0.717, 1.165) is 49.7 Å². The van der Waals surface area contributed by atoms with E-state index in [9.17, 15) is 4.79 Å². The van der Waals surface area contributed by atoms with Crippen LogP contribution in [-0.4, -0.2) is 43.6 Å². The van der Waals surface area contributed by atoms with Crippen LogP contribution in [0.2, 0.25) is 0 Å². The van der Waals surface area contributed by atoms with Gasteiger partial charge in [-0.25, -0.2) is 0 Å².